The van der Waals surface area contributed by atoms with Crippen LogP contribution in [0.25, 0.3) is 0 Å². The molecule has 0 N–H and O–H groups in total. The summed E-state index contributed by atoms with van der Waals surface area (Å²) in [5.41, 5.74) is -0.141. The normalized spacial score (nSPS) is 20.7. The van der Waals surface area contributed by atoms with Gasteiger partial charge in [-0.2, -0.15) is 0 Å². The summed E-state index contributed by atoms with van der Waals surface area (Å²) in [6.45, 7) is 10.4. The molecule has 1 heterocycles. The molecule has 15 heavy (non-hydrogen) atoms. The van der Waals surface area contributed by atoms with Gasteiger partial charge in [0.15, 0.2) is 0 Å². The Kier molecular flexibility index (Phi) is 4.14. The van der Waals surface area contributed by atoms with Gasteiger partial charge in [0.2, 0.25) is 5.91 Å². The Labute approximate surface area is 92.8 Å². The van der Waals surface area contributed by atoms with E-state index < -0.39 is 0 Å². The van der Waals surface area contributed by atoms with Crippen LogP contribution in [0.1, 0.15) is 40.5 Å². The van der Waals surface area contributed by atoms with Gasteiger partial charge in [0.05, 0.1) is 18.8 Å². The molecule has 0 saturated carbocycles. The highest BCUT2D eigenvalue weighted by Gasteiger charge is 2.36. The number of hydrogen-bond acceptors (Lipinski definition) is 2. The van der Waals surface area contributed by atoms with Crippen LogP contribution in [0.15, 0.2) is 0 Å². The number of hydrogen-bond donors (Lipinski definition) is 0. The molecule has 0 aliphatic carbocycles. The van der Waals surface area contributed by atoms with Crippen molar-refractivity contribution in [2.45, 2.75) is 46.1 Å². The van der Waals surface area contributed by atoms with E-state index in [0.29, 0.717) is 19.1 Å². The van der Waals surface area contributed by atoms with E-state index in [-0.39, 0.29) is 11.5 Å². The minimum absolute atomic E-state index is 0.141. The lowest BCUT2D eigenvalue weighted by atomic mass is 9.96. The van der Waals surface area contributed by atoms with Crippen LogP contribution in [-0.2, 0) is 9.53 Å². The summed E-state index contributed by atoms with van der Waals surface area (Å²) in [6.07, 6.45) is 1.87. The Morgan fingerprint density at radius 2 is 2.00 bits per heavy atom. The van der Waals surface area contributed by atoms with Crippen LogP contribution in [0.4, 0.5) is 0 Å². The molecule has 0 unspecified atom stereocenters. The van der Waals surface area contributed by atoms with Gasteiger partial charge in [-0.1, -0.05) is 13.8 Å². The second-order valence-corrected chi connectivity index (χ2v) is 4.87. The second kappa shape index (κ2) is 4.97. The third-order valence-electron chi connectivity index (χ3n) is 3.25. The SMILES string of the molecule is CCC(CC)C(=O)N1CCOCC1(C)C. The smallest absolute Gasteiger partial charge is 0.226 e. The minimum Gasteiger partial charge on any atom is -0.377 e. The lowest BCUT2D eigenvalue weighted by Gasteiger charge is -2.43. The van der Waals surface area contributed by atoms with Crippen LogP contribution in [0.5, 0.6) is 0 Å². The van der Waals surface area contributed by atoms with Crippen LogP contribution in [0.3, 0.4) is 0 Å². The van der Waals surface area contributed by atoms with Crippen molar-refractivity contribution in [3.8, 4) is 0 Å². The van der Waals surface area contributed by atoms with Gasteiger partial charge in [0.25, 0.3) is 0 Å². The Morgan fingerprint density at radius 3 is 2.47 bits per heavy atom. The summed E-state index contributed by atoms with van der Waals surface area (Å²) in [5, 5.41) is 0. The predicted octanol–water partition coefficient (Wildman–Crippen LogP) is 2.06. The van der Waals surface area contributed by atoms with Gasteiger partial charge in [0.1, 0.15) is 0 Å². The first kappa shape index (κ1) is 12.5. The van der Waals surface area contributed by atoms with Crippen molar-refractivity contribution < 1.29 is 9.53 Å². The van der Waals surface area contributed by atoms with Crippen LogP contribution in [-0.4, -0.2) is 36.1 Å². The molecule has 1 amide bonds. The molecule has 0 atom stereocenters. The number of ether oxygens (including phenoxy) is 1. The van der Waals surface area contributed by atoms with Crippen LogP contribution >= 0.6 is 0 Å². The third kappa shape index (κ3) is 2.71. The molecule has 1 rings (SSSR count). The van der Waals surface area contributed by atoms with E-state index in [2.05, 4.69) is 27.7 Å². The van der Waals surface area contributed by atoms with Crippen LogP contribution < -0.4 is 0 Å². The Bertz CT molecular complexity index is 222. The highest BCUT2D eigenvalue weighted by molar-refractivity contribution is 5.79. The van der Waals surface area contributed by atoms with Crippen molar-refractivity contribution in [1.82, 2.24) is 4.90 Å². The minimum atomic E-state index is -0.141. The average Bonchev–Trinajstić information content (AvgIpc) is 2.18. The van der Waals surface area contributed by atoms with Crippen molar-refractivity contribution in [3.05, 3.63) is 0 Å². The first-order chi connectivity index (χ1) is 7.03. The fourth-order valence-electron chi connectivity index (χ4n) is 2.13. The average molecular weight is 213 g/mol. The zero-order valence-corrected chi connectivity index (χ0v) is 10.4. The van der Waals surface area contributed by atoms with Crippen LogP contribution in [0.2, 0.25) is 0 Å². The summed E-state index contributed by atoms with van der Waals surface area (Å²) in [6, 6.07) is 0. The zero-order valence-electron chi connectivity index (χ0n) is 10.4. The number of carbonyl (C=O) groups is 1. The van der Waals surface area contributed by atoms with E-state index in [1.54, 1.807) is 0 Å². The molecule has 1 aliphatic rings. The molecule has 0 bridgehead atoms. The van der Waals surface area contributed by atoms with E-state index in [9.17, 15) is 4.79 Å². The maximum absolute atomic E-state index is 12.2. The summed E-state index contributed by atoms with van der Waals surface area (Å²) in [5.74, 6) is 0.482. The van der Waals surface area contributed by atoms with Crippen molar-refractivity contribution in [1.29, 1.82) is 0 Å². The van der Waals surface area contributed by atoms with E-state index >= 15 is 0 Å². The zero-order chi connectivity index (χ0) is 11.5. The maximum Gasteiger partial charge on any atom is 0.226 e. The fraction of sp³-hybridized carbons (Fsp3) is 0.917. The second-order valence-electron chi connectivity index (χ2n) is 4.87. The molecule has 0 radical (unpaired) electrons. The molecular formula is C12H23NO2. The van der Waals surface area contributed by atoms with Gasteiger partial charge < -0.3 is 9.64 Å². The summed E-state index contributed by atoms with van der Waals surface area (Å²) in [7, 11) is 0. The molecule has 1 saturated heterocycles. The fourth-order valence-corrected chi connectivity index (χ4v) is 2.13. The van der Waals surface area contributed by atoms with E-state index in [1.807, 2.05) is 4.90 Å². The summed E-state index contributed by atoms with van der Waals surface area (Å²) < 4.78 is 5.42. The highest BCUT2D eigenvalue weighted by atomic mass is 16.5. The summed E-state index contributed by atoms with van der Waals surface area (Å²) >= 11 is 0. The predicted molar refractivity (Wildman–Crippen MR) is 60.7 cm³/mol. The highest BCUT2D eigenvalue weighted by Crippen LogP contribution is 2.23. The maximum atomic E-state index is 12.2. The molecule has 0 aromatic rings. The van der Waals surface area contributed by atoms with Crippen molar-refractivity contribution in [2.24, 2.45) is 5.92 Å². The quantitative estimate of drug-likeness (QED) is 0.718. The Hall–Kier alpha value is -0.570. The number of morpholine rings is 1. The Morgan fingerprint density at radius 1 is 1.40 bits per heavy atom. The lowest BCUT2D eigenvalue weighted by Crippen LogP contribution is -2.56. The Balaban J connectivity index is 2.72. The molecular weight excluding hydrogens is 190 g/mol. The van der Waals surface area contributed by atoms with Gasteiger partial charge in [-0.15, -0.1) is 0 Å². The first-order valence-electron chi connectivity index (χ1n) is 5.92. The monoisotopic (exact) mass is 213 g/mol. The van der Waals surface area contributed by atoms with Crippen molar-refractivity contribution >= 4 is 5.91 Å². The number of nitrogens with zero attached hydrogens (tertiary/aromatic N) is 1. The topological polar surface area (TPSA) is 29.5 Å². The third-order valence-corrected chi connectivity index (χ3v) is 3.25. The van der Waals surface area contributed by atoms with E-state index in [0.717, 1.165) is 19.4 Å². The first-order valence-corrected chi connectivity index (χ1v) is 5.92. The van der Waals surface area contributed by atoms with Gasteiger partial charge in [-0.3, -0.25) is 4.79 Å². The number of amides is 1. The largest absolute Gasteiger partial charge is 0.377 e. The number of rotatable bonds is 3. The van der Waals surface area contributed by atoms with E-state index in [4.69, 9.17) is 4.74 Å². The van der Waals surface area contributed by atoms with Gasteiger partial charge in [-0.05, 0) is 26.7 Å². The van der Waals surface area contributed by atoms with Gasteiger partial charge in [0, 0.05) is 12.5 Å². The molecule has 88 valence electrons. The molecule has 0 aromatic heterocycles. The number of carbonyl (C=O) groups excluding carboxylic acids is 1. The van der Waals surface area contributed by atoms with Crippen molar-refractivity contribution in [3.63, 3.8) is 0 Å². The molecule has 0 aromatic carbocycles. The van der Waals surface area contributed by atoms with Gasteiger partial charge >= 0.3 is 0 Å². The molecule has 1 fully saturated rings. The lowest BCUT2D eigenvalue weighted by molar-refractivity contribution is -0.151. The molecule has 1 aliphatic heterocycles. The van der Waals surface area contributed by atoms with Gasteiger partial charge in [-0.25, -0.2) is 0 Å². The standard InChI is InChI=1S/C12H23NO2/c1-5-10(6-2)11(14)13-7-8-15-9-12(13,3)4/h10H,5-9H2,1-4H3. The molecule has 0 spiro atoms. The summed E-state index contributed by atoms with van der Waals surface area (Å²) in [4.78, 5) is 14.2. The van der Waals surface area contributed by atoms with E-state index in [1.165, 1.54) is 0 Å². The molecule has 3 heteroatoms. The van der Waals surface area contributed by atoms with Crippen molar-refractivity contribution in [2.75, 3.05) is 19.8 Å². The molecule has 3 nitrogen and oxygen atoms in total. The van der Waals surface area contributed by atoms with Crippen LogP contribution in [0, 0.1) is 5.92 Å².